The maximum atomic E-state index is 11.8. The third-order valence-corrected chi connectivity index (χ3v) is 4.09. The summed E-state index contributed by atoms with van der Waals surface area (Å²) in [6.45, 7) is 0. The minimum Gasteiger partial charge on any atom is -0.726 e. The molecule has 0 saturated carbocycles. The van der Waals surface area contributed by atoms with Crippen molar-refractivity contribution in [2.45, 2.75) is 4.90 Å². The highest BCUT2D eigenvalue weighted by Gasteiger charge is 2.15. The van der Waals surface area contributed by atoms with Crippen molar-refractivity contribution in [2.24, 2.45) is 0 Å². The normalized spacial score (nSPS) is 11.1. The highest BCUT2D eigenvalue weighted by Crippen LogP contribution is 2.26. The van der Waals surface area contributed by atoms with Crippen LogP contribution in [0.5, 0.6) is 0 Å². The molecule has 0 fully saturated rings. The molecule has 4 N–H and O–H groups in total. The Labute approximate surface area is 158 Å². The zero-order chi connectivity index (χ0) is 20.0. The van der Waals surface area contributed by atoms with E-state index >= 15 is 0 Å². The number of hydrogen-bond acceptors (Lipinski definition) is 6. The predicted molar refractivity (Wildman–Crippen MR) is 92.5 cm³/mol. The van der Waals surface area contributed by atoms with Crippen molar-refractivity contribution in [3.05, 3.63) is 47.6 Å². The van der Waals surface area contributed by atoms with E-state index in [0.717, 1.165) is 6.07 Å². The first-order chi connectivity index (χ1) is 11.9. The molecule has 1 aromatic heterocycles. The van der Waals surface area contributed by atoms with E-state index in [9.17, 15) is 13.2 Å². The molecule has 0 saturated heterocycles. The molecule has 2 rings (SSSR count). The number of benzene rings is 1. The van der Waals surface area contributed by atoms with Crippen LogP contribution >= 0.6 is 22.3 Å². The topological polar surface area (TPSA) is 167 Å². The summed E-state index contributed by atoms with van der Waals surface area (Å²) in [5.41, 5.74) is 0.258. The van der Waals surface area contributed by atoms with Crippen molar-refractivity contribution >= 4 is 59.3 Å². The summed E-state index contributed by atoms with van der Waals surface area (Å²) in [5, 5.41) is 5.11. The maximum Gasteiger partial charge on any atom is 0.411 e. The van der Waals surface area contributed by atoms with Gasteiger partial charge >= 0.3 is 6.03 Å². The molecule has 0 aliphatic carbocycles. The molecule has 0 unspecified atom stereocenters. The fourth-order valence-electron chi connectivity index (χ4n) is 1.50. The lowest BCUT2D eigenvalue weighted by molar-refractivity contribution is -0.360. The quantitative estimate of drug-likeness (QED) is 0.368. The van der Waals surface area contributed by atoms with Gasteiger partial charge in [-0.3, -0.25) is 9.87 Å². The number of aromatic amines is 1. The molecule has 10 nitrogen and oxygen atoms in total. The zero-order valence-corrected chi connectivity index (χ0v) is 15.7. The van der Waals surface area contributed by atoms with Crippen LogP contribution < -0.4 is 15.6 Å². The highest BCUT2D eigenvalue weighted by molar-refractivity contribution is 8.13. The molecule has 2 amide bonds. The van der Waals surface area contributed by atoms with Gasteiger partial charge in [0.1, 0.15) is 0 Å². The van der Waals surface area contributed by atoms with Gasteiger partial charge in [-0.1, -0.05) is 17.7 Å². The Morgan fingerprint density at radius 3 is 2.19 bits per heavy atom. The second kappa shape index (κ2) is 9.12. The van der Waals surface area contributed by atoms with Gasteiger partial charge in [0.15, 0.2) is 0 Å². The average Bonchev–Trinajstić information content (AvgIpc) is 2.47. The summed E-state index contributed by atoms with van der Waals surface area (Å²) in [5.74, 6) is 0.492. The van der Waals surface area contributed by atoms with E-state index in [1.54, 1.807) is 24.4 Å². The van der Waals surface area contributed by atoms with Gasteiger partial charge in [-0.15, -0.1) is 0 Å². The van der Waals surface area contributed by atoms with E-state index in [1.165, 1.54) is 12.1 Å². The van der Waals surface area contributed by atoms with Crippen LogP contribution in [0.2, 0.25) is 5.02 Å². The third kappa shape index (κ3) is 8.94. The minimum atomic E-state index is -4.92. The maximum absolute atomic E-state index is 11.8. The number of anilines is 2. The molecule has 142 valence electrons. The second-order valence-corrected chi connectivity index (χ2v) is 8.19. The van der Waals surface area contributed by atoms with Crippen molar-refractivity contribution in [2.75, 3.05) is 10.6 Å². The summed E-state index contributed by atoms with van der Waals surface area (Å²) in [6, 6.07) is 8.42. The SMILES string of the molecule is O=C(Nc1cccc[nH+]1)Nc1ccc(S(=O)(=O)Cl)cc1Cl.O=S(=O)([O-])O. The van der Waals surface area contributed by atoms with Gasteiger partial charge < -0.3 is 4.55 Å². The van der Waals surface area contributed by atoms with Crippen LogP contribution in [0.15, 0.2) is 47.5 Å². The molecule has 1 heterocycles. The number of halogens is 2. The first-order valence-corrected chi connectivity index (χ1v) is 10.4. The standard InChI is InChI=1S/C12H9Cl2N3O3S.H2O4S/c13-9-7-8(21(14,19)20)4-5-10(9)16-12(18)17-11-3-1-2-6-15-11;1-5(2,3)4/h1-7H,(H2,15,16,17,18);(H2,1,2,3,4). The fraction of sp³-hybridized carbons (Fsp3) is 0. The Bertz CT molecular complexity index is 975. The number of carbonyl (C=O) groups excluding carboxylic acids is 1. The number of pyridine rings is 1. The third-order valence-electron chi connectivity index (χ3n) is 2.43. The van der Waals surface area contributed by atoms with E-state index < -0.39 is 25.5 Å². The van der Waals surface area contributed by atoms with Crippen LogP contribution in [0.25, 0.3) is 0 Å². The first kappa shape index (κ1) is 22.1. The number of urea groups is 1. The van der Waals surface area contributed by atoms with Crippen molar-refractivity contribution in [3.63, 3.8) is 0 Å². The van der Waals surface area contributed by atoms with Gasteiger partial charge in [-0.25, -0.2) is 26.6 Å². The molecule has 14 heteroatoms. The lowest BCUT2D eigenvalue weighted by Crippen LogP contribution is -2.24. The van der Waals surface area contributed by atoms with Gasteiger partial charge in [0.25, 0.3) is 14.9 Å². The van der Waals surface area contributed by atoms with Crippen molar-refractivity contribution < 1.29 is 35.7 Å². The summed E-state index contributed by atoms with van der Waals surface area (Å²) in [6.07, 6.45) is 1.66. The summed E-state index contributed by atoms with van der Waals surface area (Å²) < 4.78 is 55.2. The molecule has 26 heavy (non-hydrogen) atoms. The lowest BCUT2D eigenvalue weighted by atomic mass is 10.3. The van der Waals surface area contributed by atoms with Crippen LogP contribution in [0.4, 0.5) is 16.3 Å². The second-order valence-electron chi connectivity index (χ2n) is 4.36. The number of aromatic nitrogens is 1. The molecule has 0 radical (unpaired) electrons. The van der Waals surface area contributed by atoms with Gasteiger partial charge in [0.05, 0.1) is 21.8 Å². The number of amides is 2. The van der Waals surface area contributed by atoms with E-state index in [0.29, 0.717) is 5.82 Å². The van der Waals surface area contributed by atoms with Crippen LogP contribution in [-0.2, 0) is 19.4 Å². The smallest absolute Gasteiger partial charge is 0.411 e. The molecule has 1 aromatic carbocycles. The monoisotopic (exact) mass is 443 g/mol. The average molecular weight is 444 g/mol. The summed E-state index contributed by atoms with van der Waals surface area (Å²) in [4.78, 5) is 14.5. The van der Waals surface area contributed by atoms with Crippen LogP contribution in [0.1, 0.15) is 0 Å². The Morgan fingerprint density at radius 1 is 1.12 bits per heavy atom. The Hall–Kier alpha value is -1.96. The fourth-order valence-corrected chi connectivity index (χ4v) is 2.57. The number of H-pyrrole nitrogens is 1. The van der Waals surface area contributed by atoms with Crippen LogP contribution in [0.3, 0.4) is 0 Å². The highest BCUT2D eigenvalue weighted by atomic mass is 35.7. The largest absolute Gasteiger partial charge is 0.726 e. The number of carbonyl (C=O) groups is 1. The number of hydrogen-bond donors (Lipinski definition) is 3. The van der Waals surface area contributed by atoms with E-state index in [-0.39, 0.29) is 15.6 Å². The number of rotatable bonds is 3. The van der Waals surface area contributed by atoms with Crippen molar-refractivity contribution in [1.29, 1.82) is 0 Å². The molecular formula is C12H11Cl2N3O7S2. The molecule has 0 spiro atoms. The van der Waals surface area contributed by atoms with Crippen LogP contribution in [0, 0.1) is 0 Å². The van der Waals surface area contributed by atoms with E-state index in [1.807, 2.05) is 0 Å². The Kier molecular flexibility index (Phi) is 7.74. The lowest BCUT2D eigenvalue weighted by Gasteiger charge is -2.06. The number of nitrogens with one attached hydrogen (secondary N) is 3. The molecule has 0 bridgehead atoms. The predicted octanol–water partition coefficient (Wildman–Crippen LogP) is 1.73. The zero-order valence-electron chi connectivity index (χ0n) is 12.5. The van der Waals surface area contributed by atoms with Gasteiger partial charge in [-0.2, -0.15) is 5.32 Å². The molecular weight excluding hydrogens is 433 g/mol. The van der Waals surface area contributed by atoms with E-state index in [2.05, 4.69) is 15.6 Å². The Balaban J connectivity index is 0.000000597. The molecule has 0 aliphatic heterocycles. The molecule has 2 aromatic rings. The van der Waals surface area contributed by atoms with Gasteiger partial charge in [0.2, 0.25) is 10.4 Å². The molecule has 0 atom stereocenters. The summed E-state index contributed by atoms with van der Waals surface area (Å²) >= 11 is 5.91. The van der Waals surface area contributed by atoms with Crippen LogP contribution in [-0.4, -0.2) is 32.0 Å². The van der Waals surface area contributed by atoms with E-state index in [4.69, 9.17) is 39.8 Å². The van der Waals surface area contributed by atoms with Gasteiger partial charge in [0, 0.05) is 16.7 Å². The van der Waals surface area contributed by atoms with Crippen molar-refractivity contribution in [3.8, 4) is 0 Å². The first-order valence-electron chi connectivity index (χ1n) is 6.33. The summed E-state index contributed by atoms with van der Waals surface area (Å²) in [7, 11) is -3.58. The molecule has 0 aliphatic rings. The van der Waals surface area contributed by atoms with Crippen molar-refractivity contribution in [1.82, 2.24) is 0 Å². The minimum absolute atomic E-state index is 0.0592. The van der Waals surface area contributed by atoms with Gasteiger partial charge in [-0.05, 0) is 24.3 Å². The Morgan fingerprint density at radius 2 is 1.73 bits per heavy atom.